The first-order valence-corrected chi connectivity index (χ1v) is 7.83. The Labute approximate surface area is 152 Å². The highest BCUT2D eigenvalue weighted by Crippen LogP contribution is 2.19. The van der Waals surface area contributed by atoms with Crippen LogP contribution in [0.4, 0.5) is 18.9 Å². The fraction of sp³-hybridized carbons (Fsp3) is 0.167. The van der Waals surface area contributed by atoms with Crippen LogP contribution in [-0.4, -0.2) is 30.8 Å². The lowest BCUT2D eigenvalue weighted by Gasteiger charge is -2.09. The van der Waals surface area contributed by atoms with E-state index in [4.69, 9.17) is 0 Å². The van der Waals surface area contributed by atoms with Gasteiger partial charge in [0.15, 0.2) is 17.5 Å². The van der Waals surface area contributed by atoms with E-state index >= 15 is 0 Å². The molecule has 0 spiro atoms. The summed E-state index contributed by atoms with van der Waals surface area (Å²) in [6.07, 6.45) is 0. The van der Waals surface area contributed by atoms with Gasteiger partial charge in [-0.3, -0.25) is 14.4 Å². The highest BCUT2D eigenvalue weighted by molar-refractivity contribution is 5.98. The van der Waals surface area contributed by atoms with Crippen LogP contribution in [0.5, 0.6) is 0 Å². The van der Waals surface area contributed by atoms with E-state index in [1.54, 1.807) is 24.3 Å². The normalized spacial score (nSPS) is 10.2. The average Bonchev–Trinajstić information content (AvgIpc) is 2.65. The zero-order valence-corrected chi connectivity index (χ0v) is 14.2. The molecule has 0 saturated heterocycles. The average molecular weight is 379 g/mol. The van der Waals surface area contributed by atoms with E-state index in [1.807, 2.05) is 12.2 Å². The lowest BCUT2D eigenvalue weighted by molar-refractivity contribution is -0.123. The Morgan fingerprint density at radius 1 is 0.815 bits per heavy atom. The van der Waals surface area contributed by atoms with Crippen LogP contribution >= 0.6 is 0 Å². The van der Waals surface area contributed by atoms with Gasteiger partial charge in [0, 0.05) is 5.56 Å². The lowest BCUT2D eigenvalue weighted by atomic mass is 10.1. The summed E-state index contributed by atoms with van der Waals surface area (Å²) < 4.78 is 39.4. The van der Waals surface area contributed by atoms with Crippen molar-refractivity contribution in [2.45, 2.75) is 6.92 Å². The Bertz CT molecular complexity index is 870. The minimum absolute atomic E-state index is 0.375. The maximum Gasteiger partial charge on any atom is 0.251 e. The molecule has 27 heavy (non-hydrogen) atoms. The van der Waals surface area contributed by atoms with Crippen molar-refractivity contribution in [1.29, 1.82) is 0 Å². The van der Waals surface area contributed by atoms with E-state index in [1.165, 1.54) is 0 Å². The molecule has 0 aromatic heterocycles. The van der Waals surface area contributed by atoms with E-state index < -0.39 is 47.4 Å². The van der Waals surface area contributed by atoms with Gasteiger partial charge < -0.3 is 16.0 Å². The first-order chi connectivity index (χ1) is 12.8. The quantitative estimate of drug-likeness (QED) is 0.670. The SMILES string of the molecule is Cc1ccc(C(=O)NCC(=O)NCC(=O)Nc2ccc(F)c(F)c2F)cc1. The van der Waals surface area contributed by atoms with E-state index in [2.05, 4.69) is 10.6 Å². The van der Waals surface area contributed by atoms with Gasteiger partial charge in [0.1, 0.15) is 0 Å². The maximum atomic E-state index is 13.5. The summed E-state index contributed by atoms with van der Waals surface area (Å²) in [5, 5.41) is 6.60. The number of hydrogen-bond donors (Lipinski definition) is 3. The molecule has 2 aromatic rings. The fourth-order valence-corrected chi connectivity index (χ4v) is 2.03. The molecule has 0 saturated carbocycles. The number of carbonyl (C=O) groups excluding carboxylic acids is 3. The number of benzene rings is 2. The van der Waals surface area contributed by atoms with Crippen LogP contribution in [-0.2, 0) is 9.59 Å². The fourth-order valence-electron chi connectivity index (χ4n) is 2.03. The molecule has 6 nitrogen and oxygen atoms in total. The third-order valence-electron chi connectivity index (χ3n) is 3.48. The van der Waals surface area contributed by atoms with Gasteiger partial charge in [-0.1, -0.05) is 17.7 Å². The summed E-state index contributed by atoms with van der Waals surface area (Å²) in [6, 6.07) is 8.22. The van der Waals surface area contributed by atoms with Crippen LogP contribution in [0, 0.1) is 24.4 Å². The molecule has 0 aliphatic carbocycles. The molecule has 0 atom stereocenters. The largest absolute Gasteiger partial charge is 0.345 e. The number of carbonyl (C=O) groups is 3. The van der Waals surface area contributed by atoms with Crippen molar-refractivity contribution < 1.29 is 27.6 Å². The zero-order chi connectivity index (χ0) is 20.0. The second-order valence-electron chi connectivity index (χ2n) is 5.60. The molecule has 3 amide bonds. The molecule has 3 N–H and O–H groups in total. The molecule has 0 unspecified atom stereocenters. The lowest BCUT2D eigenvalue weighted by Crippen LogP contribution is -2.40. The molecule has 0 aliphatic rings. The second kappa shape index (κ2) is 8.84. The van der Waals surface area contributed by atoms with Crippen molar-refractivity contribution in [2.75, 3.05) is 18.4 Å². The number of amides is 3. The summed E-state index contributed by atoms with van der Waals surface area (Å²) in [5.41, 5.74) is 0.800. The Kier molecular flexibility index (Phi) is 6.53. The number of anilines is 1. The Hall–Kier alpha value is -3.36. The van der Waals surface area contributed by atoms with Gasteiger partial charge >= 0.3 is 0 Å². The molecular weight excluding hydrogens is 363 g/mol. The second-order valence-corrected chi connectivity index (χ2v) is 5.60. The van der Waals surface area contributed by atoms with Crippen molar-refractivity contribution in [3.63, 3.8) is 0 Å². The Balaban J connectivity index is 1.78. The minimum Gasteiger partial charge on any atom is -0.345 e. The minimum atomic E-state index is -1.71. The Morgan fingerprint density at radius 2 is 1.44 bits per heavy atom. The molecule has 2 aromatic carbocycles. The first-order valence-electron chi connectivity index (χ1n) is 7.83. The molecular formula is C18H16F3N3O3. The number of nitrogens with one attached hydrogen (secondary N) is 3. The van der Waals surface area contributed by atoms with Gasteiger partial charge in [-0.15, -0.1) is 0 Å². The summed E-state index contributed by atoms with van der Waals surface area (Å²) in [4.78, 5) is 35.2. The number of rotatable bonds is 6. The molecule has 9 heteroatoms. The smallest absolute Gasteiger partial charge is 0.251 e. The van der Waals surface area contributed by atoms with E-state index in [0.29, 0.717) is 11.6 Å². The summed E-state index contributed by atoms with van der Waals surface area (Å²) in [7, 11) is 0. The van der Waals surface area contributed by atoms with Crippen molar-refractivity contribution in [3.05, 3.63) is 65.0 Å². The van der Waals surface area contributed by atoms with Gasteiger partial charge in [-0.05, 0) is 31.2 Å². The van der Waals surface area contributed by atoms with Gasteiger partial charge in [-0.2, -0.15) is 0 Å². The van der Waals surface area contributed by atoms with Gasteiger partial charge in [0.05, 0.1) is 18.8 Å². The van der Waals surface area contributed by atoms with E-state index in [-0.39, 0.29) is 6.54 Å². The predicted molar refractivity (Wildman–Crippen MR) is 91.5 cm³/mol. The number of halogens is 3. The van der Waals surface area contributed by atoms with Crippen LogP contribution < -0.4 is 16.0 Å². The molecule has 0 radical (unpaired) electrons. The zero-order valence-electron chi connectivity index (χ0n) is 14.2. The molecule has 0 fully saturated rings. The first kappa shape index (κ1) is 20.0. The van der Waals surface area contributed by atoms with Crippen LogP contribution in [0.2, 0.25) is 0 Å². The Morgan fingerprint density at radius 3 is 2.11 bits per heavy atom. The predicted octanol–water partition coefficient (Wildman–Crippen LogP) is 1.90. The summed E-state index contributed by atoms with van der Waals surface area (Å²) in [5.74, 6) is -6.60. The third-order valence-corrected chi connectivity index (χ3v) is 3.48. The third kappa shape index (κ3) is 5.56. The van der Waals surface area contributed by atoms with Crippen LogP contribution in [0.3, 0.4) is 0 Å². The van der Waals surface area contributed by atoms with Crippen molar-refractivity contribution in [1.82, 2.24) is 10.6 Å². The van der Waals surface area contributed by atoms with Crippen molar-refractivity contribution >= 4 is 23.4 Å². The number of hydrogen-bond acceptors (Lipinski definition) is 3. The monoisotopic (exact) mass is 379 g/mol. The summed E-state index contributed by atoms with van der Waals surface area (Å²) in [6.45, 7) is 0.948. The maximum absolute atomic E-state index is 13.5. The van der Waals surface area contributed by atoms with Gasteiger partial charge in [-0.25, -0.2) is 13.2 Å². The van der Waals surface area contributed by atoms with Crippen LogP contribution in [0.25, 0.3) is 0 Å². The molecule has 0 bridgehead atoms. The van der Waals surface area contributed by atoms with Gasteiger partial charge in [0.2, 0.25) is 11.8 Å². The van der Waals surface area contributed by atoms with Crippen LogP contribution in [0.15, 0.2) is 36.4 Å². The molecule has 0 aliphatic heterocycles. The van der Waals surface area contributed by atoms with Gasteiger partial charge in [0.25, 0.3) is 5.91 Å². The summed E-state index contributed by atoms with van der Waals surface area (Å²) >= 11 is 0. The highest BCUT2D eigenvalue weighted by atomic mass is 19.2. The number of aryl methyl sites for hydroxylation is 1. The van der Waals surface area contributed by atoms with E-state index in [9.17, 15) is 27.6 Å². The molecule has 0 heterocycles. The topological polar surface area (TPSA) is 87.3 Å². The van der Waals surface area contributed by atoms with Crippen molar-refractivity contribution in [3.8, 4) is 0 Å². The highest BCUT2D eigenvalue weighted by Gasteiger charge is 2.15. The standard InChI is InChI=1S/C18H16F3N3O3/c1-10-2-4-11(5-3-10)18(27)23-8-14(25)22-9-15(26)24-13-7-6-12(19)16(20)17(13)21/h2-7H,8-9H2,1H3,(H,22,25)(H,23,27)(H,24,26). The van der Waals surface area contributed by atoms with E-state index in [0.717, 1.165) is 11.6 Å². The van der Waals surface area contributed by atoms with Crippen LogP contribution in [0.1, 0.15) is 15.9 Å². The molecule has 142 valence electrons. The molecule has 2 rings (SSSR count). The van der Waals surface area contributed by atoms with Crippen molar-refractivity contribution in [2.24, 2.45) is 0 Å².